The molecule has 1 aliphatic carbocycles. The van der Waals surface area contributed by atoms with Crippen molar-refractivity contribution in [2.75, 3.05) is 0 Å². The van der Waals surface area contributed by atoms with Crippen LogP contribution >= 0.6 is 0 Å². The van der Waals surface area contributed by atoms with Crippen molar-refractivity contribution in [3.05, 3.63) is 89.0 Å². The van der Waals surface area contributed by atoms with Crippen molar-refractivity contribution in [1.29, 1.82) is 10.5 Å². The van der Waals surface area contributed by atoms with Crippen molar-refractivity contribution in [3.8, 4) is 29.1 Å². The number of hydrogen-bond acceptors (Lipinski definition) is 4. The summed E-state index contributed by atoms with van der Waals surface area (Å²) >= 11 is 0. The first-order chi connectivity index (χ1) is 14.7. The summed E-state index contributed by atoms with van der Waals surface area (Å²) in [6.45, 7) is 0. The summed E-state index contributed by atoms with van der Waals surface area (Å²) in [5, 5.41) is 18.6. The van der Waals surface area contributed by atoms with E-state index in [1.165, 1.54) is 11.1 Å². The van der Waals surface area contributed by atoms with E-state index >= 15 is 0 Å². The molecule has 1 unspecified atom stereocenters. The quantitative estimate of drug-likeness (QED) is 0.515. The summed E-state index contributed by atoms with van der Waals surface area (Å²) < 4.78 is 6.66. The molecule has 0 saturated carbocycles. The van der Waals surface area contributed by atoms with E-state index in [0.29, 0.717) is 12.0 Å². The lowest BCUT2D eigenvalue weighted by molar-refractivity contribution is 0.0491. The molecule has 1 aliphatic heterocycles. The second kappa shape index (κ2) is 7.17. The van der Waals surface area contributed by atoms with Gasteiger partial charge in [0, 0.05) is 12.0 Å². The maximum atomic E-state index is 9.37. The first kappa shape index (κ1) is 18.2. The number of ether oxygens (including phenoxy) is 1. The highest BCUT2D eigenvalue weighted by Gasteiger charge is 2.43. The summed E-state index contributed by atoms with van der Waals surface area (Å²) in [5.41, 5.74) is 6.20. The van der Waals surface area contributed by atoms with Gasteiger partial charge >= 0.3 is 0 Å². The van der Waals surface area contributed by atoms with Crippen molar-refractivity contribution in [1.82, 2.24) is 0 Å². The fourth-order valence-electron chi connectivity index (χ4n) is 4.74. The fraction of sp³-hybridized carbons (Fsp3) is 0.192. The lowest BCUT2D eigenvalue weighted by Gasteiger charge is -2.43. The lowest BCUT2D eigenvalue weighted by atomic mass is 9.74. The Kier molecular flexibility index (Phi) is 4.34. The Balaban J connectivity index is 1.63. The van der Waals surface area contributed by atoms with Crippen LogP contribution in [0.25, 0.3) is 11.1 Å². The van der Waals surface area contributed by atoms with Crippen LogP contribution in [0.1, 0.15) is 41.5 Å². The van der Waals surface area contributed by atoms with Crippen molar-refractivity contribution in [2.45, 2.75) is 31.3 Å². The highest BCUT2D eigenvalue weighted by molar-refractivity contribution is 6.06. The average Bonchev–Trinajstić information content (AvgIpc) is 2.79. The Bertz CT molecular complexity index is 1260. The molecule has 0 fully saturated rings. The zero-order valence-corrected chi connectivity index (χ0v) is 16.4. The monoisotopic (exact) mass is 389 g/mol. The maximum absolute atomic E-state index is 9.37. The SMILES string of the molecule is N#C/N=C1\CC2(CCCc3ccccc32)Oc2ccc(-c3cccc(C#N)c3)cc21. The number of hydrogen-bond donors (Lipinski definition) is 0. The molecule has 0 N–H and O–H groups in total. The number of aliphatic imine (C=N–C) groups is 1. The molecule has 4 heteroatoms. The van der Waals surface area contributed by atoms with Gasteiger partial charge in [-0.3, -0.25) is 0 Å². The number of fused-ring (bicyclic) bond motifs is 3. The Morgan fingerprint density at radius 1 is 0.933 bits per heavy atom. The van der Waals surface area contributed by atoms with Crippen molar-refractivity contribution >= 4 is 5.71 Å². The Labute approximate surface area is 175 Å². The van der Waals surface area contributed by atoms with E-state index in [1.54, 1.807) is 6.07 Å². The van der Waals surface area contributed by atoms with Crippen LogP contribution in [0, 0.1) is 22.8 Å². The van der Waals surface area contributed by atoms with E-state index in [4.69, 9.17) is 4.74 Å². The zero-order valence-electron chi connectivity index (χ0n) is 16.4. The molecule has 30 heavy (non-hydrogen) atoms. The summed E-state index contributed by atoms with van der Waals surface area (Å²) in [4.78, 5) is 4.21. The molecule has 4 nitrogen and oxygen atoms in total. The van der Waals surface area contributed by atoms with E-state index in [9.17, 15) is 10.5 Å². The van der Waals surface area contributed by atoms with Gasteiger partial charge in [0.1, 0.15) is 11.4 Å². The minimum absolute atomic E-state index is 0.472. The molecule has 1 heterocycles. The second-order valence-electron chi connectivity index (χ2n) is 7.85. The molecule has 0 saturated heterocycles. The topological polar surface area (TPSA) is 69.2 Å². The maximum Gasteiger partial charge on any atom is 0.205 e. The van der Waals surface area contributed by atoms with Gasteiger partial charge in [-0.1, -0.05) is 42.5 Å². The highest BCUT2D eigenvalue weighted by atomic mass is 16.5. The van der Waals surface area contributed by atoms with Crippen LogP contribution in [0.2, 0.25) is 0 Å². The van der Waals surface area contributed by atoms with Gasteiger partial charge in [-0.05, 0) is 65.8 Å². The third-order valence-corrected chi connectivity index (χ3v) is 6.09. The molecule has 0 radical (unpaired) electrons. The number of aryl methyl sites for hydroxylation is 1. The van der Waals surface area contributed by atoms with Crippen LogP contribution in [-0.4, -0.2) is 5.71 Å². The highest BCUT2D eigenvalue weighted by Crippen LogP contribution is 2.47. The standard InChI is InChI=1S/C26H19N3O/c27-16-18-5-3-7-20(13-18)21-10-11-25-22(14-21)24(29-17-28)15-26(30-25)12-4-8-19-6-1-2-9-23(19)26/h1-3,5-7,9-11,13-14H,4,8,12,15H2/b29-24+. The molecule has 3 aromatic rings. The average molecular weight is 389 g/mol. The van der Waals surface area contributed by atoms with Crippen LogP contribution in [0.5, 0.6) is 5.75 Å². The molecule has 144 valence electrons. The number of nitriles is 2. The van der Waals surface area contributed by atoms with Gasteiger partial charge < -0.3 is 4.74 Å². The Hall–Kier alpha value is -3.89. The van der Waals surface area contributed by atoms with Gasteiger partial charge in [0.25, 0.3) is 0 Å². The smallest absolute Gasteiger partial charge is 0.205 e. The Morgan fingerprint density at radius 3 is 2.67 bits per heavy atom. The summed E-state index contributed by atoms with van der Waals surface area (Å²) in [5.74, 6) is 0.757. The molecule has 3 aromatic carbocycles. The molecule has 0 aromatic heterocycles. The predicted molar refractivity (Wildman–Crippen MR) is 115 cm³/mol. The first-order valence-corrected chi connectivity index (χ1v) is 10.1. The van der Waals surface area contributed by atoms with Crippen LogP contribution < -0.4 is 4.74 Å². The third-order valence-electron chi connectivity index (χ3n) is 6.09. The molecular formula is C26H19N3O. The third kappa shape index (κ3) is 2.95. The molecule has 2 aliphatic rings. The normalized spacial score (nSPS) is 20.5. The molecule has 0 amide bonds. The van der Waals surface area contributed by atoms with Crippen molar-refractivity contribution < 1.29 is 4.74 Å². The number of nitrogens with zero attached hydrogens (tertiary/aromatic N) is 3. The fourth-order valence-corrected chi connectivity index (χ4v) is 4.74. The first-order valence-electron chi connectivity index (χ1n) is 10.1. The zero-order chi connectivity index (χ0) is 20.6. The molecule has 0 bridgehead atoms. The summed E-state index contributed by atoms with van der Waals surface area (Å²) in [6, 6.07) is 24.1. The Morgan fingerprint density at radius 2 is 1.80 bits per heavy atom. The number of rotatable bonds is 1. The van der Waals surface area contributed by atoms with E-state index in [1.807, 2.05) is 42.6 Å². The van der Waals surface area contributed by atoms with Crippen molar-refractivity contribution in [2.24, 2.45) is 4.99 Å². The van der Waals surface area contributed by atoms with E-state index < -0.39 is 5.60 Å². The predicted octanol–water partition coefficient (Wildman–Crippen LogP) is 5.51. The van der Waals surface area contributed by atoms with Gasteiger partial charge in [0.2, 0.25) is 6.19 Å². The summed E-state index contributed by atoms with van der Waals surface area (Å²) in [6.07, 6.45) is 5.56. The van der Waals surface area contributed by atoms with Crippen molar-refractivity contribution in [3.63, 3.8) is 0 Å². The molecule has 5 rings (SSSR count). The lowest BCUT2D eigenvalue weighted by Crippen LogP contribution is -2.42. The van der Waals surface area contributed by atoms with Gasteiger partial charge in [-0.2, -0.15) is 15.5 Å². The largest absolute Gasteiger partial charge is 0.481 e. The van der Waals surface area contributed by atoms with E-state index in [0.717, 1.165) is 47.4 Å². The van der Waals surface area contributed by atoms with E-state index in [-0.39, 0.29) is 0 Å². The number of benzene rings is 3. The van der Waals surface area contributed by atoms with Gasteiger partial charge in [0.15, 0.2) is 0 Å². The second-order valence-corrected chi connectivity index (χ2v) is 7.85. The minimum Gasteiger partial charge on any atom is -0.481 e. The molecule has 1 atom stereocenters. The van der Waals surface area contributed by atoms with Crippen LogP contribution in [-0.2, 0) is 12.0 Å². The van der Waals surface area contributed by atoms with Gasteiger partial charge in [-0.15, -0.1) is 0 Å². The van der Waals surface area contributed by atoms with Crippen LogP contribution in [0.15, 0.2) is 71.7 Å². The van der Waals surface area contributed by atoms with Crippen LogP contribution in [0.4, 0.5) is 0 Å². The summed E-state index contributed by atoms with van der Waals surface area (Å²) in [7, 11) is 0. The van der Waals surface area contributed by atoms with Crippen LogP contribution in [0.3, 0.4) is 0 Å². The molecule has 1 spiro atoms. The molecular weight excluding hydrogens is 370 g/mol. The minimum atomic E-state index is -0.472. The van der Waals surface area contributed by atoms with Gasteiger partial charge in [0.05, 0.1) is 17.3 Å². The van der Waals surface area contributed by atoms with E-state index in [2.05, 4.69) is 35.3 Å². The van der Waals surface area contributed by atoms with Gasteiger partial charge in [-0.25, -0.2) is 0 Å².